The summed E-state index contributed by atoms with van der Waals surface area (Å²) in [5.74, 6) is -0.730. The molecule has 0 aliphatic rings. The van der Waals surface area contributed by atoms with Crippen molar-refractivity contribution in [2.45, 2.75) is 26.8 Å². The summed E-state index contributed by atoms with van der Waals surface area (Å²) in [5, 5.41) is 3.13. The molecule has 19 heavy (non-hydrogen) atoms. The Bertz CT molecular complexity index is 608. The van der Waals surface area contributed by atoms with E-state index in [1.165, 1.54) is 6.07 Å². The second-order valence-electron chi connectivity index (χ2n) is 4.59. The molecule has 102 valence electrons. The molecule has 0 fully saturated rings. The van der Waals surface area contributed by atoms with Crippen molar-refractivity contribution >= 4 is 21.9 Å². The van der Waals surface area contributed by atoms with Crippen molar-refractivity contribution in [2.75, 3.05) is 5.32 Å². The quantitative estimate of drug-likeness (QED) is 0.861. The van der Waals surface area contributed by atoms with Crippen LogP contribution in [0.2, 0.25) is 0 Å². The van der Waals surface area contributed by atoms with E-state index in [1.54, 1.807) is 10.8 Å². The fourth-order valence-corrected chi connectivity index (χ4v) is 2.07. The van der Waals surface area contributed by atoms with Crippen LogP contribution in [0, 0.1) is 18.6 Å². The van der Waals surface area contributed by atoms with E-state index in [-0.39, 0.29) is 16.2 Å². The lowest BCUT2D eigenvalue weighted by Crippen LogP contribution is -2.14. The monoisotopic (exact) mass is 329 g/mol. The Hall–Kier alpha value is -1.43. The molecule has 2 aromatic rings. The first-order chi connectivity index (χ1) is 8.88. The Morgan fingerprint density at radius 1 is 1.26 bits per heavy atom. The highest BCUT2D eigenvalue weighted by Gasteiger charge is 2.14. The number of benzene rings is 1. The average molecular weight is 330 g/mol. The number of aryl methyl sites for hydroxylation is 1. The lowest BCUT2D eigenvalue weighted by atomic mass is 10.3. The van der Waals surface area contributed by atoms with Crippen LogP contribution in [-0.2, 0) is 0 Å². The molecule has 0 bridgehead atoms. The van der Waals surface area contributed by atoms with Crippen LogP contribution in [0.5, 0.6) is 0 Å². The first-order valence-corrected chi connectivity index (χ1v) is 6.65. The summed E-state index contributed by atoms with van der Waals surface area (Å²) in [7, 11) is 0. The van der Waals surface area contributed by atoms with E-state index in [4.69, 9.17) is 0 Å². The third-order valence-corrected chi connectivity index (χ3v) is 3.10. The maximum Gasteiger partial charge on any atom is 0.208 e. The molecular formula is C13H14BrF2N3. The van der Waals surface area contributed by atoms with Crippen LogP contribution in [0.1, 0.15) is 19.5 Å². The van der Waals surface area contributed by atoms with Crippen LogP contribution in [0.25, 0.3) is 5.69 Å². The largest absolute Gasteiger partial charge is 0.353 e. The smallest absolute Gasteiger partial charge is 0.208 e. The van der Waals surface area contributed by atoms with Gasteiger partial charge in [-0.05, 0) is 42.8 Å². The van der Waals surface area contributed by atoms with Crippen LogP contribution >= 0.6 is 15.9 Å². The molecule has 0 saturated heterocycles. The number of aromatic nitrogens is 2. The topological polar surface area (TPSA) is 29.9 Å². The van der Waals surface area contributed by atoms with Crippen LogP contribution in [-0.4, -0.2) is 15.6 Å². The Morgan fingerprint density at radius 2 is 1.95 bits per heavy atom. The van der Waals surface area contributed by atoms with E-state index in [2.05, 4.69) is 26.2 Å². The summed E-state index contributed by atoms with van der Waals surface area (Å²) in [6.45, 7) is 5.75. The number of hydrogen-bond donors (Lipinski definition) is 1. The van der Waals surface area contributed by atoms with Gasteiger partial charge in [0.15, 0.2) is 0 Å². The second-order valence-corrected chi connectivity index (χ2v) is 5.45. The Morgan fingerprint density at radius 3 is 2.58 bits per heavy atom. The van der Waals surface area contributed by atoms with Crippen molar-refractivity contribution in [3.8, 4) is 5.69 Å². The molecule has 2 rings (SSSR count). The summed E-state index contributed by atoms with van der Waals surface area (Å²) in [4.78, 5) is 4.30. The number of halogens is 3. The molecule has 0 aliphatic heterocycles. The lowest BCUT2D eigenvalue weighted by molar-refractivity contribution is 0.573. The summed E-state index contributed by atoms with van der Waals surface area (Å²) >= 11 is 3.06. The van der Waals surface area contributed by atoms with Gasteiger partial charge in [-0.2, -0.15) is 0 Å². The van der Waals surface area contributed by atoms with Crippen molar-refractivity contribution < 1.29 is 8.78 Å². The molecular weight excluding hydrogens is 316 g/mol. The maximum atomic E-state index is 13.9. The standard InChI is InChI=1S/C13H14BrF2N3/c1-7(2)17-13-18-8(3)6-19(13)12-4-9(14)10(15)5-11(12)16/h4-7H,1-3H3,(H,17,18). The van der Waals surface area contributed by atoms with Gasteiger partial charge < -0.3 is 5.32 Å². The molecule has 0 aliphatic carbocycles. The van der Waals surface area contributed by atoms with Crippen molar-refractivity contribution in [2.24, 2.45) is 0 Å². The van der Waals surface area contributed by atoms with Gasteiger partial charge in [0.25, 0.3) is 0 Å². The van der Waals surface area contributed by atoms with Gasteiger partial charge in [-0.1, -0.05) is 0 Å². The van der Waals surface area contributed by atoms with Gasteiger partial charge in [-0.15, -0.1) is 0 Å². The molecule has 0 atom stereocenters. The van der Waals surface area contributed by atoms with E-state index in [1.807, 2.05) is 20.8 Å². The highest BCUT2D eigenvalue weighted by atomic mass is 79.9. The number of rotatable bonds is 3. The summed E-state index contributed by atoms with van der Waals surface area (Å²) < 4.78 is 29.0. The predicted octanol–water partition coefficient (Wildman–Crippen LogP) is 4.04. The number of imidazole rings is 1. The van der Waals surface area contributed by atoms with Gasteiger partial charge in [0.2, 0.25) is 5.95 Å². The molecule has 1 aromatic carbocycles. The molecule has 0 amide bonds. The SMILES string of the molecule is Cc1cn(-c2cc(Br)c(F)cc2F)c(NC(C)C)n1. The van der Waals surface area contributed by atoms with Crippen molar-refractivity contribution in [1.82, 2.24) is 9.55 Å². The number of nitrogens with one attached hydrogen (secondary N) is 1. The average Bonchev–Trinajstić information content (AvgIpc) is 2.63. The minimum atomic E-state index is -0.634. The molecule has 3 nitrogen and oxygen atoms in total. The minimum absolute atomic E-state index is 0.160. The Kier molecular flexibility index (Phi) is 3.89. The van der Waals surface area contributed by atoms with Crippen molar-refractivity contribution in [3.63, 3.8) is 0 Å². The van der Waals surface area contributed by atoms with E-state index in [9.17, 15) is 8.78 Å². The summed E-state index contributed by atoms with van der Waals surface area (Å²) in [5.41, 5.74) is 1.00. The molecule has 0 spiro atoms. The van der Waals surface area contributed by atoms with Crippen LogP contribution in [0.3, 0.4) is 0 Å². The summed E-state index contributed by atoms with van der Waals surface area (Å²) in [6, 6.07) is 2.41. The highest BCUT2D eigenvalue weighted by Crippen LogP contribution is 2.25. The van der Waals surface area contributed by atoms with Gasteiger partial charge in [0.1, 0.15) is 11.6 Å². The molecule has 6 heteroatoms. The third kappa shape index (κ3) is 2.94. The van der Waals surface area contributed by atoms with Crippen molar-refractivity contribution in [1.29, 1.82) is 0 Å². The first-order valence-electron chi connectivity index (χ1n) is 5.86. The van der Waals surface area contributed by atoms with Gasteiger partial charge in [-0.3, -0.25) is 4.57 Å². The van der Waals surface area contributed by atoms with Crippen LogP contribution < -0.4 is 5.32 Å². The van der Waals surface area contributed by atoms with Gasteiger partial charge in [-0.25, -0.2) is 13.8 Å². The Balaban J connectivity index is 2.55. The molecule has 1 aromatic heterocycles. The fraction of sp³-hybridized carbons (Fsp3) is 0.308. The zero-order valence-corrected chi connectivity index (χ0v) is 12.4. The van der Waals surface area contributed by atoms with Gasteiger partial charge in [0, 0.05) is 18.3 Å². The van der Waals surface area contributed by atoms with E-state index >= 15 is 0 Å². The third-order valence-electron chi connectivity index (χ3n) is 2.49. The van der Waals surface area contributed by atoms with E-state index in [0.29, 0.717) is 5.95 Å². The van der Waals surface area contributed by atoms with E-state index < -0.39 is 11.6 Å². The van der Waals surface area contributed by atoms with Gasteiger partial charge in [0.05, 0.1) is 15.9 Å². The predicted molar refractivity (Wildman–Crippen MR) is 74.7 cm³/mol. The lowest BCUT2D eigenvalue weighted by Gasteiger charge is -2.13. The minimum Gasteiger partial charge on any atom is -0.353 e. The number of nitrogens with zero attached hydrogens (tertiary/aromatic N) is 2. The zero-order valence-electron chi connectivity index (χ0n) is 10.8. The first kappa shape index (κ1) is 14.0. The van der Waals surface area contributed by atoms with Crippen molar-refractivity contribution in [3.05, 3.63) is 40.1 Å². The maximum absolute atomic E-state index is 13.9. The van der Waals surface area contributed by atoms with E-state index in [0.717, 1.165) is 11.8 Å². The molecule has 1 heterocycles. The second kappa shape index (κ2) is 5.28. The normalized spacial score (nSPS) is 11.1. The van der Waals surface area contributed by atoms with Crippen LogP contribution in [0.4, 0.5) is 14.7 Å². The number of anilines is 1. The zero-order chi connectivity index (χ0) is 14.2. The fourth-order valence-electron chi connectivity index (χ4n) is 1.74. The molecule has 0 unspecified atom stereocenters. The summed E-state index contributed by atoms with van der Waals surface area (Å²) in [6.07, 6.45) is 1.70. The molecule has 0 saturated carbocycles. The Labute approximate surface area is 118 Å². The number of hydrogen-bond acceptors (Lipinski definition) is 2. The van der Waals surface area contributed by atoms with Crippen LogP contribution in [0.15, 0.2) is 22.8 Å². The molecule has 0 radical (unpaired) electrons. The molecule has 1 N–H and O–H groups in total. The highest BCUT2D eigenvalue weighted by molar-refractivity contribution is 9.10. The van der Waals surface area contributed by atoms with Gasteiger partial charge >= 0.3 is 0 Å².